The summed E-state index contributed by atoms with van der Waals surface area (Å²) in [6, 6.07) is 7.86. The molecule has 0 heterocycles. The largest absolute Gasteiger partial charge is 0.362 e. The van der Waals surface area contributed by atoms with E-state index in [0.717, 1.165) is 11.4 Å². The van der Waals surface area contributed by atoms with Gasteiger partial charge in [0.1, 0.15) is 0 Å². The van der Waals surface area contributed by atoms with Crippen LogP contribution in [-0.4, -0.2) is 0 Å². The molecule has 2 heteroatoms. The van der Waals surface area contributed by atoms with E-state index in [-0.39, 0.29) is 0 Å². The Kier molecular flexibility index (Phi) is 2.96. The maximum Gasteiger partial charge on any atom is 0.0381 e. The fraction of sp³-hybridized carbons (Fsp3) is 0. The number of rotatable bonds is 4. The molecule has 0 atom stereocenters. The molecule has 0 radical (unpaired) electrons. The third-order valence-electron chi connectivity index (χ3n) is 1.42. The summed E-state index contributed by atoms with van der Waals surface area (Å²) in [7, 11) is 0. The summed E-state index contributed by atoms with van der Waals surface area (Å²) >= 11 is 0. The van der Waals surface area contributed by atoms with Crippen LogP contribution >= 0.6 is 0 Å². The fourth-order valence-corrected chi connectivity index (χ4v) is 0.898. The number of anilines is 2. The average molecular weight is 160 g/mol. The zero-order valence-electron chi connectivity index (χ0n) is 6.88. The quantitative estimate of drug-likeness (QED) is 0.707. The SMILES string of the molecule is C=CNc1ccc(NC=C)cc1. The van der Waals surface area contributed by atoms with Gasteiger partial charge in [0.2, 0.25) is 0 Å². The molecule has 0 unspecified atom stereocenters. The summed E-state index contributed by atoms with van der Waals surface area (Å²) < 4.78 is 0. The summed E-state index contributed by atoms with van der Waals surface area (Å²) in [6.07, 6.45) is 3.30. The van der Waals surface area contributed by atoms with Crippen molar-refractivity contribution in [3.05, 3.63) is 49.8 Å². The van der Waals surface area contributed by atoms with E-state index in [2.05, 4.69) is 23.8 Å². The van der Waals surface area contributed by atoms with Crippen molar-refractivity contribution in [3.8, 4) is 0 Å². The first-order valence-electron chi connectivity index (χ1n) is 3.72. The van der Waals surface area contributed by atoms with Crippen LogP contribution in [0.1, 0.15) is 0 Å². The first kappa shape index (κ1) is 8.40. The van der Waals surface area contributed by atoms with Crippen LogP contribution in [0.2, 0.25) is 0 Å². The van der Waals surface area contributed by atoms with Gasteiger partial charge < -0.3 is 10.6 Å². The Balaban J connectivity index is 2.70. The van der Waals surface area contributed by atoms with E-state index in [0.29, 0.717) is 0 Å². The van der Waals surface area contributed by atoms with Crippen molar-refractivity contribution in [2.45, 2.75) is 0 Å². The molecule has 0 aliphatic carbocycles. The number of benzene rings is 1. The molecule has 1 rings (SSSR count). The van der Waals surface area contributed by atoms with Crippen LogP contribution < -0.4 is 10.6 Å². The third kappa shape index (κ3) is 2.16. The van der Waals surface area contributed by atoms with Gasteiger partial charge in [0, 0.05) is 11.4 Å². The Morgan fingerprint density at radius 1 is 0.833 bits per heavy atom. The molecule has 0 saturated carbocycles. The minimum Gasteiger partial charge on any atom is -0.362 e. The summed E-state index contributed by atoms with van der Waals surface area (Å²) in [5.74, 6) is 0. The van der Waals surface area contributed by atoms with Crippen molar-refractivity contribution in [3.63, 3.8) is 0 Å². The van der Waals surface area contributed by atoms with E-state index >= 15 is 0 Å². The van der Waals surface area contributed by atoms with Gasteiger partial charge in [-0.25, -0.2) is 0 Å². The standard InChI is InChI=1S/C10H12N2/c1-3-11-9-5-7-10(8-6-9)12-4-2/h3-8,11-12H,1-2H2. The number of nitrogens with one attached hydrogen (secondary N) is 2. The predicted octanol–water partition coefficient (Wildman–Crippen LogP) is 2.80. The first-order chi connectivity index (χ1) is 5.86. The highest BCUT2D eigenvalue weighted by atomic mass is 14.8. The second kappa shape index (κ2) is 4.23. The zero-order chi connectivity index (χ0) is 8.81. The van der Waals surface area contributed by atoms with Crippen LogP contribution in [0, 0.1) is 0 Å². The number of hydrogen-bond donors (Lipinski definition) is 2. The monoisotopic (exact) mass is 160 g/mol. The minimum atomic E-state index is 1.03. The second-order valence-corrected chi connectivity index (χ2v) is 2.27. The van der Waals surface area contributed by atoms with Gasteiger partial charge in [-0.15, -0.1) is 0 Å². The molecule has 0 fully saturated rings. The minimum absolute atomic E-state index is 1.03. The van der Waals surface area contributed by atoms with Gasteiger partial charge in [-0.1, -0.05) is 13.2 Å². The first-order valence-corrected chi connectivity index (χ1v) is 3.72. The van der Waals surface area contributed by atoms with Crippen molar-refractivity contribution >= 4 is 11.4 Å². The third-order valence-corrected chi connectivity index (χ3v) is 1.42. The normalized spacial score (nSPS) is 8.67. The summed E-state index contributed by atoms with van der Waals surface area (Å²) in [4.78, 5) is 0. The Morgan fingerprint density at radius 3 is 1.42 bits per heavy atom. The molecule has 0 amide bonds. The lowest BCUT2D eigenvalue weighted by Gasteiger charge is -2.02. The van der Waals surface area contributed by atoms with Crippen molar-refractivity contribution < 1.29 is 0 Å². The van der Waals surface area contributed by atoms with E-state index in [1.54, 1.807) is 12.4 Å². The lowest BCUT2D eigenvalue weighted by atomic mass is 10.3. The molecule has 2 N–H and O–H groups in total. The molecule has 0 aliphatic heterocycles. The molecule has 0 spiro atoms. The second-order valence-electron chi connectivity index (χ2n) is 2.27. The topological polar surface area (TPSA) is 24.1 Å². The van der Waals surface area contributed by atoms with E-state index < -0.39 is 0 Å². The van der Waals surface area contributed by atoms with Crippen LogP contribution in [0.15, 0.2) is 49.8 Å². The molecule has 12 heavy (non-hydrogen) atoms. The van der Waals surface area contributed by atoms with Crippen LogP contribution in [0.3, 0.4) is 0 Å². The smallest absolute Gasteiger partial charge is 0.0381 e. The molecular weight excluding hydrogens is 148 g/mol. The Labute approximate surface area is 72.6 Å². The van der Waals surface area contributed by atoms with E-state index in [1.807, 2.05) is 24.3 Å². The molecule has 1 aromatic rings. The van der Waals surface area contributed by atoms with Crippen LogP contribution in [0.4, 0.5) is 11.4 Å². The van der Waals surface area contributed by atoms with Gasteiger partial charge >= 0.3 is 0 Å². The Hall–Kier alpha value is -1.70. The summed E-state index contributed by atoms with van der Waals surface area (Å²) in [5.41, 5.74) is 2.05. The van der Waals surface area contributed by atoms with Gasteiger partial charge in [-0.2, -0.15) is 0 Å². The average Bonchev–Trinajstić information content (AvgIpc) is 2.09. The van der Waals surface area contributed by atoms with Gasteiger partial charge in [-0.3, -0.25) is 0 Å². The van der Waals surface area contributed by atoms with Crippen LogP contribution in [0.25, 0.3) is 0 Å². The maximum atomic E-state index is 3.57. The Morgan fingerprint density at radius 2 is 1.17 bits per heavy atom. The van der Waals surface area contributed by atoms with Crippen LogP contribution in [-0.2, 0) is 0 Å². The molecule has 0 saturated heterocycles. The predicted molar refractivity (Wildman–Crippen MR) is 54.1 cm³/mol. The maximum absolute atomic E-state index is 3.57. The summed E-state index contributed by atoms with van der Waals surface area (Å²) in [6.45, 7) is 7.14. The molecule has 62 valence electrons. The molecular formula is C10H12N2. The zero-order valence-corrected chi connectivity index (χ0v) is 6.88. The van der Waals surface area contributed by atoms with Gasteiger partial charge in [0.05, 0.1) is 0 Å². The van der Waals surface area contributed by atoms with E-state index in [4.69, 9.17) is 0 Å². The highest BCUT2D eigenvalue weighted by molar-refractivity contribution is 5.55. The van der Waals surface area contributed by atoms with Crippen molar-refractivity contribution in [2.24, 2.45) is 0 Å². The lowest BCUT2D eigenvalue weighted by molar-refractivity contribution is 1.55. The Bertz CT molecular complexity index is 233. The van der Waals surface area contributed by atoms with Crippen LogP contribution in [0.5, 0.6) is 0 Å². The molecule has 1 aromatic carbocycles. The molecule has 0 aromatic heterocycles. The van der Waals surface area contributed by atoms with Crippen molar-refractivity contribution in [2.75, 3.05) is 10.6 Å². The van der Waals surface area contributed by atoms with Crippen molar-refractivity contribution in [1.82, 2.24) is 0 Å². The van der Waals surface area contributed by atoms with Gasteiger partial charge in [-0.05, 0) is 36.7 Å². The lowest BCUT2D eigenvalue weighted by Crippen LogP contribution is -1.88. The highest BCUT2D eigenvalue weighted by Gasteiger charge is 1.88. The van der Waals surface area contributed by atoms with E-state index in [9.17, 15) is 0 Å². The van der Waals surface area contributed by atoms with Gasteiger partial charge in [0.15, 0.2) is 0 Å². The number of hydrogen-bond acceptors (Lipinski definition) is 2. The molecule has 0 bridgehead atoms. The van der Waals surface area contributed by atoms with Gasteiger partial charge in [0.25, 0.3) is 0 Å². The van der Waals surface area contributed by atoms with Crippen molar-refractivity contribution in [1.29, 1.82) is 0 Å². The molecule has 0 aliphatic rings. The fourth-order valence-electron chi connectivity index (χ4n) is 0.898. The molecule has 2 nitrogen and oxygen atoms in total. The highest BCUT2D eigenvalue weighted by Crippen LogP contribution is 2.12. The summed E-state index contributed by atoms with van der Waals surface area (Å²) in [5, 5.41) is 5.97. The van der Waals surface area contributed by atoms with E-state index in [1.165, 1.54) is 0 Å².